The van der Waals surface area contributed by atoms with Crippen molar-refractivity contribution < 1.29 is 18.3 Å². The number of ether oxygens (including phenoxy) is 1. The van der Waals surface area contributed by atoms with Gasteiger partial charge in [0.15, 0.2) is 0 Å². The number of hydrogen-bond donors (Lipinski definition) is 1. The number of aliphatic hydroxyl groups is 1. The molecule has 14 heavy (non-hydrogen) atoms. The fourth-order valence-electron chi connectivity index (χ4n) is 1.87. The largest absolute Gasteiger partial charge is 0.396 e. The quantitative estimate of drug-likeness (QED) is 0.666. The standard InChI is InChI=1S/C8H15NO4S/c10-5-8(6-13-7-8)4-9-2-1-3-14(9,11)12/h10H,1-7H2. The van der Waals surface area contributed by atoms with Gasteiger partial charge in [0.25, 0.3) is 0 Å². The number of hydrogen-bond acceptors (Lipinski definition) is 4. The molecule has 2 aliphatic heterocycles. The van der Waals surface area contributed by atoms with E-state index in [-0.39, 0.29) is 17.8 Å². The Morgan fingerprint density at radius 1 is 1.43 bits per heavy atom. The van der Waals surface area contributed by atoms with Crippen LogP contribution in [-0.2, 0) is 14.8 Å². The minimum absolute atomic E-state index is 0.000972. The van der Waals surface area contributed by atoms with Crippen LogP contribution in [0.2, 0.25) is 0 Å². The molecule has 0 spiro atoms. The summed E-state index contributed by atoms with van der Waals surface area (Å²) in [7, 11) is -3.04. The van der Waals surface area contributed by atoms with Crippen LogP contribution in [0.1, 0.15) is 6.42 Å². The number of sulfonamides is 1. The summed E-state index contributed by atoms with van der Waals surface area (Å²) in [5, 5.41) is 9.17. The minimum Gasteiger partial charge on any atom is -0.396 e. The highest BCUT2D eigenvalue weighted by Gasteiger charge is 2.43. The van der Waals surface area contributed by atoms with Gasteiger partial charge in [0, 0.05) is 13.1 Å². The minimum atomic E-state index is -3.04. The van der Waals surface area contributed by atoms with E-state index in [4.69, 9.17) is 9.84 Å². The molecule has 2 saturated heterocycles. The second-order valence-corrected chi connectivity index (χ2v) is 6.24. The molecule has 0 atom stereocenters. The average molecular weight is 221 g/mol. The third-order valence-electron chi connectivity index (χ3n) is 2.87. The van der Waals surface area contributed by atoms with Crippen LogP contribution >= 0.6 is 0 Å². The van der Waals surface area contributed by atoms with E-state index in [9.17, 15) is 8.42 Å². The van der Waals surface area contributed by atoms with Crippen molar-refractivity contribution in [1.82, 2.24) is 4.31 Å². The molecule has 0 aromatic heterocycles. The number of aliphatic hydroxyl groups excluding tert-OH is 1. The zero-order valence-corrected chi connectivity index (χ0v) is 8.79. The van der Waals surface area contributed by atoms with Crippen LogP contribution in [0.25, 0.3) is 0 Å². The summed E-state index contributed by atoms with van der Waals surface area (Å²) in [6, 6.07) is 0. The summed E-state index contributed by atoms with van der Waals surface area (Å²) in [4.78, 5) is 0. The van der Waals surface area contributed by atoms with Crippen molar-refractivity contribution in [1.29, 1.82) is 0 Å². The van der Waals surface area contributed by atoms with Gasteiger partial charge in [-0.2, -0.15) is 0 Å². The first-order valence-electron chi connectivity index (χ1n) is 4.74. The molecule has 0 radical (unpaired) electrons. The van der Waals surface area contributed by atoms with E-state index < -0.39 is 10.0 Å². The van der Waals surface area contributed by atoms with Gasteiger partial charge in [0.05, 0.1) is 31.0 Å². The maximum absolute atomic E-state index is 11.5. The molecule has 2 rings (SSSR count). The fraction of sp³-hybridized carbons (Fsp3) is 1.00. The Morgan fingerprint density at radius 2 is 2.14 bits per heavy atom. The van der Waals surface area contributed by atoms with E-state index in [1.807, 2.05) is 0 Å². The Balaban J connectivity index is 2.03. The molecule has 5 nitrogen and oxygen atoms in total. The van der Waals surface area contributed by atoms with Crippen molar-refractivity contribution in [3.05, 3.63) is 0 Å². The molecule has 1 N–H and O–H groups in total. The van der Waals surface area contributed by atoms with Gasteiger partial charge < -0.3 is 9.84 Å². The Bertz CT molecular complexity index is 304. The van der Waals surface area contributed by atoms with E-state index in [0.717, 1.165) is 0 Å². The lowest BCUT2D eigenvalue weighted by Gasteiger charge is -2.41. The van der Waals surface area contributed by atoms with Crippen LogP contribution in [0.15, 0.2) is 0 Å². The molecule has 0 aliphatic carbocycles. The maximum atomic E-state index is 11.5. The Morgan fingerprint density at radius 3 is 2.50 bits per heavy atom. The molecule has 2 heterocycles. The highest BCUT2D eigenvalue weighted by molar-refractivity contribution is 7.89. The molecule has 0 aromatic rings. The third-order valence-corrected chi connectivity index (χ3v) is 4.77. The monoisotopic (exact) mass is 221 g/mol. The Kier molecular flexibility index (Phi) is 2.55. The van der Waals surface area contributed by atoms with E-state index in [2.05, 4.69) is 0 Å². The van der Waals surface area contributed by atoms with Gasteiger partial charge in [0.1, 0.15) is 0 Å². The lowest BCUT2D eigenvalue weighted by Crippen LogP contribution is -2.53. The highest BCUT2D eigenvalue weighted by atomic mass is 32.2. The molecule has 82 valence electrons. The first kappa shape index (κ1) is 10.4. The molecule has 0 unspecified atom stereocenters. The molecule has 0 saturated carbocycles. The van der Waals surface area contributed by atoms with Crippen molar-refractivity contribution in [2.75, 3.05) is 38.7 Å². The Labute approximate surface area is 83.7 Å². The predicted molar refractivity (Wildman–Crippen MR) is 50.3 cm³/mol. The first-order chi connectivity index (χ1) is 6.58. The summed E-state index contributed by atoms with van der Waals surface area (Å²) in [6.07, 6.45) is 0.699. The predicted octanol–water partition coefficient (Wildman–Crippen LogP) is -0.969. The second-order valence-electron chi connectivity index (χ2n) is 4.15. The van der Waals surface area contributed by atoms with Crippen LogP contribution in [0.3, 0.4) is 0 Å². The molecule has 0 aromatic carbocycles. The summed E-state index contributed by atoms with van der Waals surface area (Å²) in [5.41, 5.74) is -0.336. The fourth-order valence-corrected chi connectivity index (χ4v) is 3.50. The van der Waals surface area contributed by atoms with Gasteiger partial charge in [-0.25, -0.2) is 12.7 Å². The SMILES string of the molecule is O=S1(=O)CCCN1CC1(CO)COC1. The van der Waals surface area contributed by atoms with Gasteiger partial charge in [-0.3, -0.25) is 0 Å². The summed E-state index contributed by atoms with van der Waals surface area (Å²) < 4.78 is 29.5. The van der Waals surface area contributed by atoms with E-state index in [0.29, 0.717) is 32.7 Å². The maximum Gasteiger partial charge on any atom is 0.214 e. The average Bonchev–Trinajstić information content (AvgIpc) is 2.38. The van der Waals surface area contributed by atoms with Crippen molar-refractivity contribution >= 4 is 10.0 Å². The summed E-state index contributed by atoms with van der Waals surface area (Å²) in [6.45, 7) is 1.93. The lowest BCUT2D eigenvalue weighted by molar-refractivity contribution is -0.141. The van der Waals surface area contributed by atoms with Crippen molar-refractivity contribution in [3.63, 3.8) is 0 Å². The van der Waals surface area contributed by atoms with E-state index >= 15 is 0 Å². The van der Waals surface area contributed by atoms with Crippen molar-refractivity contribution in [3.8, 4) is 0 Å². The molecule has 2 fully saturated rings. The van der Waals surface area contributed by atoms with Crippen LogP contribution in [0.4, 0.5) is 0 Å². The highest BCUT2D eigenvalue weighted by Crippen LogP contribution is 2.30. The molecule has 0 bridgehead atoms. The zero-order chi connectivity index (χ0) is 10.2. The third kappa shape index (κ3) is 1.67. The van der Waals surface area contributed by atoms with Crippen LogP contribution < -0.4 is 0 Å². The van der Waals surface area contributed by atoms with Crippen LogP contribution in [-0.4, -0.2) is 56.5 Å². The van der Waals surface area contributed by atoms with Gasteiger partial charge in [-0.15, -0.1) is 0 Å². The van der Waals surface area contributed by atoms with Crippen molar-refractivity contribution in [2.45, 2.75) is 6.42 Å². The molecular weight excluding hydrogens is 206 g/mol. The van der Waals surface area contributed by atoms with Gasteiger partial charge in [0.2, 0.25) is 10.0 Å². The van der Waals surface area contributed by atoms with E-state index in [1.54, 1.807) is 0 Å². The van der Waals surface area contributed by atoms with Crippen LogP contribution in [0.5, 0.6) is 0 Å². The molecule has 2 aliphatic rings. The number of rotatable bonds is 3. The van der Waals surface area contributed by atoms with Gasteiger partial charge >= 0.3 is 0 Å². The topological polar surface area (TPSA) is 66.8 Å². The van der Waals surface area contributed by atoms with Gasteiger partial charge in [-0.1, -0.05) is 0 Å². The van der Waals surface area contributed by atoms with Gasteiger partial charge in [-0.05, 0) is 6.42 Å². The first-order valence-corrected chi connectivity index (χ1v) is 6.35. The lowest BCUT2D eigenvalue weighted by atomic mass is 9.87. The molecular formula is C8H15NO4S. The van der Waals surface area contributed by atoms with Crippen molar-refractivity contribution in [2.24, 2.45) is 5.41 Å². The summed E-state index contributed by atoms with van der Waals surface area (Å²) in [5.74, 6) is 0.245. The summed E-state index contributed by atoms with van der Waals surface area (Å²) >= 11 is 0. The smallest absolute Gasteiger partial charge is 0.214 e. The second kappa shape index (κ2) is 3.44. The molecule has 6 heteroatoms. The number of nitrogens with zero attached hydrogens (tertiary/aromatic N) is 1. The normalized spacial score (nSPS) is 30.1. The van der Waals surface area contributed by atoms with Crippen LogP contribution in [0, 0.1) is 5.41 Å². The molecule has 0 amide bonds. The zero-order valence-electron chi connectivity index (χ0n) is 7.98. The van der Waals surface area contributed by atoms with E-state index in [1.165, 1.54) is 4.31 Å². The Hall–Kier alpha value is -0.170.